The van der Waals surface area contributed by atoms with Gasteiger partial charge in [-0.2, -0.15) is 0 Å². The van der Waals surface area contributed by atoms with Crippen molar-refractivity contribution in [2.75, 3.05) is 25.1 Å². The predicted molar refractivity (Wildman–Crippen MR) is 71.2 cm³/mol. The maximum Gasteiger partial charge on any atom is 0.123 e. The molecule has 0 saturated heterocycles. The highest BCUT2D eigenvalue weighted by atomic mass is 19.1. The fourth-order valence-electron chi connectivity index (χ4n) is 2.86. The summed E-state index contributed by atoms with van der Waals surface area (Å²) in [4.78, 5) is 2.27. The molecule has 1 aliphatic carbocycles. The second kappa shape index (κ2) is 5.24. The van der Waals surface area contributed by atoms with Crippen LogP contribution in [0.3, 0.4) is 0 Å². The van der Waals surface area contributed by atoms with Crippen LogP contribution in [0.1, 0.15) is 19.8 Å². The van der Waals surface area contributed by atoms with E-state index in [1.54, 1.807) is 7.11 Å². The molecule has 3 nitrogen and oxygen atoms in total. The van der Waals surface area contributed by atoms with E-state index in [0.29, 0.717) is 12.6 Å². The van der Waals surface area contributed by atoms with Gasteiger partial charge in [0.1, 0.15) is 5.82 Å². The van der Waals surface area contributed by atoms with Gasteiger partial charge in [-0.05, 0) is 44.0 Å². The summed E-state index contributed by atoms with van der Waals surface area (Å²) in [5.41, 5.74) is 6.95. The van der Waals surface area contributed by atoms with E-state index in [1.807, 2.05) is 12.1 Å². The van der Waals surface area contributed by atoms with Crippen LogP contribution in [-0.4, -0.2) is 31.8 Å². The molecule has 0 aromatic heterocycles. The van der Waals surface area contributed by atoms with E-state index in [1.165, 1.54) is 12.1 Å². The minimum atomic E-state index is -0.208. The highest BCUT2D eigenvalue weighted by Gasteiger charge is 2.47. The van der Waals surface area contributed by atoms with Crippen LogP contribution >= 0.6 is 0 Å². The Morgan fingerprint density at radius 3 is 2.44 bits per heavy atom. The van der Waals surface area contributed by atoms with Gasteiger partial charge < -0.3 is 15.4 Å². The van der Waals surface area contributed by atoms with Crippen molar-refractivity contribution in [3.05, 3.63) is 30.1 Å². The van der Waals surface area contributed by atoms with Gasteiger partial charge in [-0.3, -0.25) is 0 Å². The number of ether oxygens (including phenoxy) is 1. The van der Waals surface area contributed by atoms with Crippen LogP contribution in [0.2, 0.25) is 0 Å². The lowest BCUT2D eigenvalue weighted by atomic mass is 9.72. The lowest BCUT2D eigenvalue weighted by Crippen LogP contribution is -2.64. The molecule has 0 unspecified atom stereocenters. The summed E-state index contributed by atoms with van der Waals surface area (Å²) in [6.07, 6.45) is 2.17. The van der Waals surface area contributed by atoms with Gasteiger partial charge >= 0.3 is 0 Å². The summed E-state index contributed by atoms with van der Waals surface area (Å²) in [7, 11) is 1.74. The molecule has 1 fully saturated rings. The molecule has 0 bridgehead atoms. The van der Waals surface area contributed by atoms with E-state index in [-0.39, 0.29) is 11.4 Å². The van der Waals surface area contributed by atoms with Crippen molar-refractivity contribution in [3.63, 3.8) is 0 Å². The van der Waals surface area contributed by atoms with Crippen molar-refractivity contribution >= 4 is 5.69 Å². The van der Waals surface area contributed by atoms with Crippen LogP contribution in [0.4, 0.5) is 10.1 Å². The molecule has 2 rings (SSSR count). The molecule has 0 amide bonds. The first-order valence-corrected chi connectivity index (χ1v) is 6.41. The summed E-state index contributed by atoms with van der Waals surface area (Å²) in [6, 6.07) is 6.62. The maximum absolute atomic E-state index is 13.0. The Morgan fingerprint density at radius 1 is 1.39 bits per heavy atom. The number of nitrogens with zero attached hydrogens (tertiary/aromatic N) is 1. The molecule has 0 heterocycles. The number of nitrogens with two attached hydrogens (primary N) is 1. The van der Waals surface area contributed by atoms with Crippen LogP contribution in [0, 0.1) is 5.82 Å². The number of methoxy groups -OCH3 is 1. The van der Waals surface area contributed by atoms with Crippen molar-refractivity contribution in [1.82, 2.24) is 0 Å². The Kier molecular flexibility index (Phi) is 3.88. The Morgan fingerprint density at radius 2 is 2.00 bits per heavy atom. The summed E-state index contributed by atoms with van der Waals surface area (Å²) in [5.74, 6) is -0.208. The SMILES string of the molecule is CCN(c1ccc(F)cc1)C1(CN)CC(OC)C1. The summed E-state index contributed by atoms with van der Waals surface area (Å²) in [6.45, 7) is 3.55. The van der Waals surface area contributed by atoms with Crippen molar-refractivity contribution in [1.29, 1.82) is 0 Å². The van der Waals surface area contributed by atoms with Gasteiger partial charge in [-0.15, -0.1) is 0 Å². The Hall–Kier alpha value is -1.13. The zero-order chi connectivity index (χ0) is 13.2. The molecule has 1 aromatic carbocycles. The quantitative estimate of drug-likeness (QED) is 0.872. The number of anilines is 1. The first kappa shape index (κ1) is 13.3. The maximum atomic E-state index is 13.0. The van der Waals surface area contributed by atoms with E-state index in [4.69, 9.17) is 10.5 Å². The molecular weight excluding hydrogens is 231 g/mol. The van der Waals surface area contributed by atoms with Gasteiger partial charge in [-0.25, -0.2) is 4.39 Å². The first-order chi connectivity index (χ1) is 8.65. The van der Waals surface area contributed by atoms with E-state index < -0.39 is 0 Å². The Labute approximate surface area is 108 Å². The average molecular weight is 252 g/mol. The third-order valence-electron chi connectivity index (χ3n) is 3.96. The molecule has 0 aliphatic heterocycles. The van der Waals surface area contributed by atoms with Crippen LogP contribution in [0.25, 0.3) is 0 Å². The molecule has 0 spiro atoms. The minimum Gasteiger partial charge on any atom is -0.381 e. The number of likely N-dealkylation sites (N-methyl/N-ethyl adjacent to an activating group) is 1. The van der Waals surface area contributed by atoms with Gasteiger partial charge in [0.15, 0.2) is 0 Å². The minimum absolute atomic E-state index is 0.0345. The fourth-order valence-corrected chi connectivity index (χ4v) is 2.86. The number of halogens is 1. The molecule has 0 radical (unpaired) electrons. The third-order valence-corrected chi connectivity index (χ3v) is 3.96. The lowest BCUT2D eigenvalue weighted by Gasteiger charge is -2.54. The second-order valence-electron chi connectivity index (χ2n) is 4.92. The topological polar surface area (TPSA) is 38.5 Å². The second-order valence-corrected chi connectivity index (χ2v) is 4.92. The first-order valence-electron chi connectivity index (χ1n) is 6.41. The van der Waals surface area contributed by atoms with E-state index in [2.05, 4.69) is 11.8 Å². The lowest BCUT2D eigenvalue weighted by molar-refractivity contribution is -0.0138. The van der Waals surface area contributed by atoms with Gasteiger partial charge in [0.05, 0.1) is 11.6 Å². The molecule has 1 aromatic rings. The molecule has 0 atom stereocenters. The monoisotopic (exact) mass is 252 g/mol. The zero-order valence-electron chi connectivity index (χ0n) is 11.0. The highest BCUT2D eigenvalue weighted by molar-refractivity contribution is 5.50. The number of benzene rings is 1. The van der Waals surface area contributed by atoms with Gasteiger partial charge in [-0.1, -0.05) is 0 Å². The molecule has 18 heavy (non-hydrogen) atoms. The number of rotatable bonds is 5. The van der Waals surface area contributed by atoms with Crippen molar-refractivity contribution in [2.45, 2.75) is 31.4 Å². The van der Waals surface area contributed by atoms with Crippen LogP contribution in [0.5, 0.6) is 0 Å². The average Bonchev–Trinajstić information content (AvgIpc) is 2.35. The van der Waals surface area contributed by atoms with Gasteiger partial charge in [0.25, 0.3) is 0 Å². The third kappa shape index (κ3) is 2.22. The van der Waals surface area contributed by atoms with E-state index in [0.717, 1.165) is 25.1 Å². The fraction of sp³-hybridized carbons (Fsp3) is 0.571. The molecule has 1 aliphatic rings. The normalized spacial score (nSPS) is 26.8. The van der Waals surface area contributed by atoms with Crippen molar-refractivity contribution in [2.24, 2.45) is 5.73 Å². The summed E-state index contributed by atoms with van der Waals surface area (Å²) in [5, 5.41) is 0. The predicted octanol–water partition coefficient (Wildman–Crippen LogP) is 2.16. The molecular formula is C14H21FN2O. The van der Waals surface area contributed by atoms with Crippen LogP contribution in [-0.2, 0) is 4.74 Å². The number of hydrogen-bond donors (Lipinski definition) is 1. The Bertz CT molecular complexity index is 387. The van der Waals surface area contributed by atoms with E-state index >= 15 is 0 Å². The van der Waals surface area contributed by atoms with Crippen molar-refractivity contribution < 1.29 is 9.13 Å². The standard InChI is InChI=1S/C14H21FN2O/c1-3-17(12-6-4-11(15)5-7-12)14(10-16)8-13(9-14)18-2/h4-7,13H,3,8-10,16H2,1-2H3. The largest absolute Gasteiger partial charge is 0.381 e. The summed E-state index contributed by atoms with van der Waals surface area (Å²) < 4.78 is 18.3. The van der Waals surface area contributed by atoms with Gasteiger partial charge in [0, 0.05) is 25.9 Å². The zero-order valence-corrected chi connectivity index (χ0v) is 11.0. The van der Waals surface area contributed by atoms with Crippen LogP contribution in [0.15, 0.2) is 24.3 Å². The van der Waals surface area contributed by atoms with E-state index in [9.17, 15) is 4.39 Å². The smallest absolute Gasteiger partial charge is 0.123 e. The molecule has 100 valence electrons. The van der Waals surface area contributed by atoms with Crippen LogP contribution < -0.4 is 10.6 Å². The molecule has 1 saturated carbocycles. The highest BCUT2D eigenvalue weighted by Crippen LogP contribution is 2.41. The van der Waals surface area contributed by atoms with Gasteiger partial charge in [0.2, 0.25) is 0 Å². The molecule has 4 heteroatoms. The summed E-state index contributed by atoms with van der Waals surface area (Å²) >= 11 is 0. The van der Waals surface area contributed by atoms with Crippen molar-refractivity contribution in [3.8, 4) is 0 Å². The Balaban J connectivity index is 2.20. The number of hydrogen-bond acceptors (Lipinski definition) is 3. The molecule has 2 N–H and O–H groups in total.